The van der Waals surface area contributed by atoms with E-state index in [1.807, 2.05) is 4.90 Å². The lowest BCUT2D eigenvalue weighted by Gasteiger charge is -2.31. The molecule has 6 nitrogen and oxygen atoms in total. The van der Waals surface area contributed by atoms with Crippen molar-refractivity contribution in [3.05, 3.63) is 0 Å². The van der Waals surface area contributed by atoms with Crippen molar-refractivity contribution in [1.29, 1.82) is 0 Å². The third kappa shape index (κ3) is 3.91. The van der Waals surface area contributed by atoms with Crippen LogP contribution in [-0.2, 0) is 9.59 Å². The summed E-state index contributed by atoms with van der Waals surface area (Å²) in [5.74, 6) is 0.529. The number of nitrogens with zero attached hydrogens (tertiary/aromatic N) is 2. The van der Waals surface area contributed by atoms with Crippen LogP contribution in [0.1, 0.15) is 39.5 Å². The van der Waals surface area contributed by atoms with E-state index in [0.717, 1.165) is 39.1 Å². The zero-order valence-electron chi connectivity index (χ0n) is 15.1. The first-order valence-electron chi connectivity index (χ1n) is 9.61. The molecule has 24 heavy (non-hydrogen) atoms. The molecule has 3 fully saturated rings. The predicted molar refractivity (Wildman–Crippen MR) is 93.5 cm³/mol. The second kappa shape index (κ2) is 7.83. The minimum atomic E-state index is -0.178. The number of hydrogen-bond donors (Lipinski definition) is 2. The minimum Gasteiger partial charge on any atom is -0.352 e. The first-order chi connectivity index (χ1) is 11.6. The SMILES string of the molecule is CCN1CCCC1CN1CC(C(=O)NC2CNCCC2C)CC1=O. The molecule has 2 amide bonds. The van der Waals surface area contributed by atoms with Crippen LogP contribution in [0.25, 0.3) is 0 Å². The molecule has 2 N–H and O–H groups in total. The molecule has 3 aliphatic heterocycles. The number of rotatable bonds is 5. The second-order valence-electron chi connectivity index (χ2n) is 7.71. The molecule has 3 saturated heterocycles. The molecule has 0 spiro atoms. The van der Waals surface area contributed by atoms with Crippen molar-refractivity contribution in [2.45, 2.75) is 51.6 Å². The Balaban J connectivity index is 1.51. The Hall–Kier alpha value is -1.14. The summed E-state index contributed by atoms with van der Waals surface area (Å²) in [5.41, 5.74) is 0. The van der Waals surface area contributed by atoms with E-state index in [-0.39, 0.29) is 23.8 Å². The van der Waals surface area contributed by atoms with E-state index in [4.69, 9.17) is 0 Å². The summed E-state index contributed by atoms with van der Waals surface area (Å²) in [4.78, 5) is 29.3. The lowest BCUT2D eigenvalue weighted by molar-refractivity contribution is -0.129. The number of piperidine rings is 1. The molecule has 6 heteroatoms. The Morgan fingerprint density at radius 1 is 1.38 bits per heavy atom. The predicted octanol–water partition coefficient (Wildman–Crippen LogP) is 0.433. The molecule has 3 aliphatic rings. The lowest BCUT2D eigenvalue weighted by Crippen LogP contribution is -2.51. The quantitative estimate of drug-likeness (QED) is 0.764. The van der Waals surface area contributed by atoms with Gasteiger partial charge in [0.1, 0.15) is 0 Å². The van der Waals surface area contributed by atoms with Gasteiger partial charge in [-0.2, -0.15) is 0 Å². The van der Waals surface area contributed by atoms with Gasteiger partial charge in [-0.3, -0.25) is 14.5 Å². The summed E-state index contributed by atoms with van der Waals surface area (Å²) in [6.07, 6.45) is 3.85. The first kappa shape index (κ1) is 17.7. The molecule has 0 bridgehead atoms. The van der Waals surface area contributed by atoms with Gasteiger partial charge in [-0.1, -0.05) is 13.8 Å². The summed E-state index contributed by atoms with van der Waals surface area (Å²) in [5, 5.41) is 6.52. The molecule has 0 saturated carbocycles. The monoisotopic (exact) mass is 336 g/mol. The maximum absolute atomic E-state index is 12.6. The highest BCUT2D eigenvalue weighted by Gasteiger charge is 2.37. The Labute approximate surface area is 145 Å². The zero-order valence-corrected chi connectivity index (χ0v) is 15.1. The number of amides is 2. The molecule has 0 aromatic rings. The average molecular weight is 336 g/mol. The molecule has 0 aromatic carbocycles. The van der Waals surface area contributed by atoms with Gasteiger partial charge in [0.15, 0.2) is 0 Å². The van der Waals surface area contributed by atoms with Gasteiger partial charge in [-0.25, -0.2) is 0 Å². The van der Waals surface area contributed by atoms with Gasteiger partial charge in [-0.05, 0) is 44.8 Å². The fourth-order valence-corrected chi connectivity index (χ4v) is 4.38. The Bertz CT molecular complexity index is 470. The molecular weight excluding hydrogens is 304 g/mol. The summed E-state index contributed by atoms with van der Waals surface area (Å²) >= 11 is 0. The van der Waals surface area contributed by atoms with Gasteiger partial charge < -0.3 is 15.5 Å². The van der Waals surface area contributed by atoms with Gasteiger partial charge in [0.25, 0.3) is 0 Å². The fourth-order valence-electron chi connectivity index (χ4n) is 4.38. The summed E-state index contributed by atoms with van der Waals surface area (Å²) in [7, 11) is 0. The van der Waals surface area contributed by atoms with Gasteiger partial charge in [-0.15, -0.1) is 0 Å². The van der Waals surface area contributed by atoms with Crippen molar-refractivity contribution in [3.8, 4) is 0 Å². The molecular formula is C18H32N4O2. The van der Waals surface area contributed by atoms with E-state index in [9.17, 15) is 9.59 Å². The maximum Gasteiger partial charge on any atom is 0.225 e. The number of carbonyl (C=O) groups excluding carboxylic acids is 2. The van der Waals surface area contributed by atoms with Crippen LogP contribution >= 0.6 is 0 Å². The van der Waals surface area contributed by atoms with Crippen LogP contribution in [0, 0.1) is 11.8 Å². The number of carbonyl (C=O) groups is 2. The molecule has 0 aliphatic carbocycles. The Morgan fingerprint density at radius 2 is 2.21 bits per heavy atom. The van der Waals surface area contributed by atoms with E-state index in [1.165, 1.54) is 12.8 Å². The molecule has 4 unspecified atom stereocenters. The van der Waals surface area contributed by atoms with Crippen molar-refractivity contribution in [2.75, 3.05) is 39.3 Å². The van der Waals surface area contributed by atoms with Crippen LogP contribution in [0.3, 0.4) is 0 Å². The van der Waals surface area contributed by atoms with E-state index >= 15 is 0 Å². The average Bonchev–Trinajstić information content (AvgIpc) is 3.17. The van der Waals surface area contributed by atoms with Crippen molar-refractivity contribution < 1.29 is 9.59 Å². The van der Waals surface area contributed by atoms with Crippen LogP contribution in [0.5, 0.6) is 0 Å². The Morgan fingerprint density at radius 3 is 2.96 bits per heavy atom. The van der Waals surface area contributed by atoms with Crippen LogP contribution in [0.15, 0.2) is 0 Å². The standard InChI is InChI=1S/C18H32N4O2/c1-3-21-8-4-5-15(21)12-22-11-14(9-17(22)23)18(24)20-16-10-19-7-6-13(16)2/h13-16,19H,3-12H2,1-2H3,(H,20,24). The lowest BCUT2D eigenvalue weighted by atomic mass is 9.94. The molecule has 3 rings (SSSR count). The van der Waals surface area contributed by atoms with Gasteiger partial charge in [0.2, 0.25) is 11.8 Å². The topological polar surface area (TPSA) is 64.7 Å². The van der Waals surface area contributed by atoms with Crippen LogP contribution < -0.4 is 10.6 Å². The minimum absolute atomic E-state index is 0.0603. The number of hydrogen-bond acceptors (Lipinski definition) is 4. The highest BCUT2D eigenvalue weighted by Crippen LogP contribution is 2.23. The molecule has 4 atom stereocenters. The molecule has 0 radical (unpaired) electrons. The van der Waals surface area contributed by atoms with Gasteiger partial charge in [0, 0.05) is 38.1 Å². The Kier molecular flexibility index (Phi) is 5.76. The van der Waals surface area contributed by atoms with E-state index in [2.05, 4.69) is 29.4 Å². The second-order valence-corrected chi connectivity index (χ2v) is 7.71. The fraction of sp³-hybridized carbons (Fsp3) is 0.889. The highest BCUT2D eigenvalue weighted by atomic mass is 16.2. The van der Waals surface area contributed by atoms with Crippen molar-refractivity contribution in [1.82, 2.24) is 20.4 Å². The molecule has 0 aromatic heterocycles. The maximum atomic E-state index is 12.6. The zero-order chi connectivity index (χ0) is 17.1. The third-order valence-electron chi connectivity index (χ3n) is 6.08. The van der Waals surface area contributed by atoms with Gasteiger partial charge >= 0.3 is 0 Å². The van der Waals surface area contributed by atoms with Crippen LogP contribution in [0.4, 0.5) is 0 Å². The van der Waals surface area contributed by atoms with Crippen LogP contribution in [0.2, 0.25) is 0 Å². The van der Waals surface area contributed by atoms with E-state index in [1.54, 1.807) is 0 Å². The van der Waals surface area contributed by atoms with E-state index < -0.39 is 0 Å². The largest absolute Gasteiger partial charge is 0.352 e. The van der Waals surface area contributed by atoms with Crippen molar-refractivity contribution in [3.63, 3.8) is 0 Å². The smallest absolute Gasteiger partial charge is 0.225 e. The van der Waals surface area contributed by atoms with Gasteiger partial charge in [0.05, 0.1) is 5.92 Å². The first-order valence-corrected chi connectivity index (χ1v) is 9.61. The summed E-state index contributed by atoms with van der Waals surface area (Å²) < 4.78 is 0. The van der Waals surface area contributed by atoms with Crippen molar-refractivity contribution in [2.24, 2.45) is 11.8 Å². The number of likely N-dealkylation sites (tertiary alicyclic amines) is 2. The number of likely N-dealkylation sites (N-methyl/N-ethyl adjacent to an activating group) is 1. The summed E-state index contributed by atoms with van der Waals surface area (Å²) in [6.45, 7) is 9.80. The van der Waals surface area contributed by atoms with Crippen molar-refractivity contribution >= 4 is 11.8 Å². The molecule has 136 valence electrons. The normalized spacial score (nSPS) is 34.8. The molecule has 3 heterocycles. The number of nitrogens with one attached hydrogen (secondary N) is 2. The van der Waals surface area contributed by atoms with Crippen LogP contribution in [-0.4, -0.2) is 73.0 Å². The van der Waals surface area contributed by atoms with E-state index in [0.29, 0.717) is 24.9 Å². The summed E-state index contributed by atoms with van der Waals surface area (Å²) in [6, 6.07) is 0.671. The third-order valence-corrected chi connectivity index (χ3v) is 6.08. The highest BCUT2D eigenvalue weighted by molar-refractivity contribution is 5.89.